The van der Waals surface area contributed by atoms with Crippen molar-refractivity contribution < 1.29 is 4.74 Å². The lowest BCUT2D eigenvalue weighted by Crippen LogP contribution is -2.38. The Labute approximate surface area is 141 Å². The molecule has 0 N–H and O–H groups in total. The van der Waals surface area contributed by atoms with Crippen molar-refractivity contribution in [1.82, 2.24) is 40.0 Å². The molecule has 5 rings (SSSR count). The Bertz CT molecular complexity index is 867. The zero-order valence-corrected chi connectivity index (χ0v) is 13.6. The van der Waals surface area contributed by atoms with Gasteiger partial charge in [-0.25, -0.2) is 0 Å². The highest BCUT2D eigenvalue weighted by atomic mass is 32.2. The highest BCUT2D eigenvalue weighted by molar-refractivity contribution is 7.99. The molecule has 10 nitrogen and oxygen atoms in total. The van der Waals surface area contributed by atoms with Crippen LogP contribution in [0, 0.1) is 0 Å². The van der Waals surface area contributed by atoms with Gasteiger partial charge in [-0.2, -0.15) is 0 Å². The minimum atomic E-state index is 0.483. The van der Waals surface area contributed by atoms with Crippen LogP contribution in [-0.4, -0.2) is 66.3 Å². The second kappa shape index (κ2) is 5.67. The molecule has 124 valence electrons. The number of nitrogens with zero attached hydrogens (tertiary/aromatic N) is 9. The van der Waals surface area contributed by atoms with Gasteiger partial charge in [0.1, 0.15) is 5.03 Å². The molecule has 4 heterocycles. The Balaban J connectivity index is 1.47. The Morgan fingerprint density at radius 2 is 1.96 bits per heavy atom. The number of rotatable bonds is 4. The van der Waals surface area contributed by atoms with E-state index in [1.165, 1.54) is 29.2 Å². The van der Waals surface area contributed by atoms with Gasteiger partial charge in [-0.05, 0) is 47.2 Å². The van der Waals surface area contributed by atoms with Crippen LogP contribution < -0.4 is 4.90 Å². The Kier molecular flexibility index (Phi) is 3.33. The minimum Gasteiger partial charge on any atom is -0.378 e. The van der Waals surface area contributed by atoms with Crippen LogP contribution >= 0.6 is 11.8 Å². The van der Waals surface area contributed by atoms with E-state index in [2.05, 4.69) is 40.3 Å². The fourth-order valence-corrected chi connectivity index (χ4v) is 3.60. The zero-order valence-electron chi connectivity index (χ0n) is 12.8. The lowest BCUT2D eigenvalue weighted by Gasteiger charge is -2.27. The van der Waals surface area contributed by atoms with Crippen molar-refractivity contribution in [3.05, 3.63) is 12.1 Å². The molecule has 0 unspecified atom stereocenters. The molecule has 0 spiro atoms. The average Bonchev–Trinajstić information content (AvgIpc) is 3.20. The molecule has 1 aliphatic carbocycles. The van der Waals surface area contributed by atoms with Crippen molar-refractivity contribution in [2.75, 3.05) is 31.2 Å². The van der Waals surface area contributed by atoms with Crippen LogP contribution in [0.15, 0.2) is 22.3 Å². The van der Waals surface area contributed by atoms with Crippen LogP contribution in [0.2, 0.25) is 0 Å². The molecular weight excluding hydrogens is 330 g/mol. The third-order valence-corrected chi connectivity index (χ3v) is 4.98. The summed E-state index contributed by atoms with van der Waals surface area (Å²) < 4.78 is 9.09. The molecule has 2 aliphatic rings. The van der Waals surface area contributed by atoms with Crippen molar-refractivity contribution in [2.24, 2.45) is 0 Å². The average molecular weight is 345 g/mol. The number of anilines is 1. The number of ether oxygens (including phenoxy) is 1. The van der Waals surface area contributed by atoms with Crippen molar-refractivity contribution in [2.45, 2.75) is 29.1 Å². The molecule has 24 heavy (non-hydrogen) atoms. The fourth-order valence-electron chi connectivity index (χ4n) is 2.75. The van der Waals surface area contributed by atoms with E-state index in [9.17, 15) is 0 Å². The van der Waals surface area contributed by atoms with Gasteiger partial charge in [-0.3, -0.25) is 4.57 Å². The Morgan fingerprint density at radius 3 is 2.79 bits per heavy atom. The molecule has 3 aromatic heterocycles. The summed E-state index contributed by atoms with van der Waals surface area (Å²) in [6.07, 6.45) is 2.34. The summed E-state index contributed by atoms with van der Waals surface area (Å²) >= 11 is 1.49. The van der Waals surface area contributed by atoms with Gasteiger partial charge in [0.05, 0.1) is 13.2 Å². The number of tetrazole rings is 1. The topological polar surface area (TPSA) is 99.2 Å². The summed E-state index contributed by atoms with van der Waals surface area (Å²) in [5.74, 6) is 0.937. The minimum absolute atomic E-state index is 0.483. The summed E-state index contributed by atoms with van der Waals surface area (Å²) in [5, 5.41) is 26.2. The number of hydrogen-bond acceptors (Lipinski definition) is 9. The molecule has 0 atom stereocenters. The van der Waals surface area contributed by atoms with Crippen LogP contribution in [0.5, 0.6) is 0 Å². The normalized spacial score (nSPS) is 18.4. The smallest absolute Gasteiger partial charge is 0.228 e. The summed E-state index contributed by atoms with van der Waals surface area (Å²) in [4.78, 5) is 2.25. The Morgan fingerprint density at radius 1 is 1.08 bits per heavy atom. The number of fused-ring (bicyclic) bond motifs is 1. The lowest BCUT2D eigenvalue weighted by molar-refractivity contribution is 0.121. The molecule has 0 bridgehead atoms. The summed E-state index contributed by atoms with van der Waals surface area (Å²) in [6.45, 7) is 3.17. The standard InChI is InChI=1S/C13H15N9OS/c1-2-9(1)21-12(20-5-7-23-8-6-20)15-16-13(21)24-11-4-3-10-14-18-19-22(10)17-11/h3-4,9H,1-2,5-8H2. The van der Waals surface area contributed by atoms with Crippen molar-refractivity contribution in [1.29, 1.82) is 0 Å². The van der Waals surface area contributed by atoms with Gasteiger partial charge in [0.15, 0.2) is 10.8 Å². The van der Waals surface area contributed by atoms with E-state index in [-0.39, 0.29) is 0 Å². The molecule has 0 amide bonds. The first-order valence-corrected chi connectivity index (χ1v) is 8.71. The first kappa shape index (κ1) is 14.1. The zero-order chi connectivity index (χ0) is 15.9. The van der Waals surface area contributed by atoms with Crippen LogP contribution in [0.3, 0.4) is 0 Å². The highest BCUT2D eigenvalue weighted by Gasteiger charge is 2.32. The monoisotopic (exact) mass is 345 g/mol. The van der Waals surface area contributed by atoms with E-state index in [1.807, 2.05) is 12.1 Å². The maximum atomic E-state index is 5.44. The molecule has 0 aromatic carbocycles. The van der Waals surface area contributed by atoms with Crippen molar-refractivity contribution in [3.8, 4) is 0 Å². The van der Waals surface area contributed by atoms with Crippen LogP contribution in [-0.2, 0) is 4.74 Å². The largest absolute Gasteiger partial charge is 0.378 e. The van der Waals surface area contributed by atoms with Gasteiger partial charge in [0, 0.05) is 19.1 Å². The van der Waals surface area contributed by atoms with Gasteiger partial charge >= 0.3 is 0 Å². The number of morpholine rings is 1. The third kappa shape index (κ3) is 2.49. The van der Waals surface area contributed by atoms with E-state index >= 15 is 0 Å². The first-order chi connectivity index (χ1) is 11.9. The molecular formula is C13H15N9OS. The highest BCUT2D eigenvalue weighted by Crippen LogP contribution is 2.42. The predicted octanol–water partition coefficient (Wildman–Crippen LogP) is 0.433. The van der Waals surface area contributed by atoms with Crippen LogP contribution in [0.4, 0.5) is 5.95 Å². The van der Waals surface area contributed by atoms with E-state index < -0.39 is 0 Å². The van der Waals surface area contributed by atoms with Crippen LogP contribution in [0.25, 0.3) is 5.65 Å². The summed E-state index contributed by atoms with van der Waals surface area (Å²) in [6, 6.07) is 4.23. The predicted molar refractivity (Wildman–Crippen MR) is 84.0 cm³/mol. The molecule has 0 radical (unpaired) electrons. The summed E-state index contributed by atoms with van der Waals surface area (Å²) in [5.41, 5.74) is 0.622. The van der Waals surface area contributed by atoms with E-state index in [1.54, 1.807) is 0 Å². The fraction of sp³-hybridized carbons (Fsp3) is 0.538. The second-order valence-corrected chi connectivity index (χ2v) is 6.77. The SMILES string of the molecule is c1cc2nnnn2nc1Sc1nnc(N2CCOCC2)n1C1CC1. The van der Waals surface area contributed by atoms with Gasteiger partial charge < -0.3 is 9.64 Å². The van der Waals surface area contributed by atoms with Gasteiger partial charge in [-0.15, -0.1) is 25.0 Å². The molecule has 1 aliphatic heterocycles. The van der Waals surface area contributed by atoms with Crippen LogP contribution in [0.1, 0.15) is 18.9 Å². The lowest BCUT2D eigenvalue weighted by atomic mass is 10.4. The van der Waals surface area contributed by atoms with E-state index in [0.717, 1.165) is 42.4 Å². The van der Waals surface area contributed by atoms with Gasteiger partial charge in [-0.1, -0.05) is 0 Å². The first-order valence-electron chi connectivity index (χ1n) is 7.89. The molecule has 1 saturated heterocycles. The third-order valence-electron chi connectivity index (χ3n) is 4.09. The second-order valence-electron chi connectivity index (χ2n) is 5.78. The molecule has 2 fully saturated rings. The van der Waals surface area contributed by atoms with Gasteiger partial charge in [0.2, 0.25) is 5.95 Å². The van der Waals surface area contributed by atoms with Crippen molar-refractivity contribution in [3.63, 3.8) is 0 Å². The summed E-state index contributed by atoms with van der Waals surface area (Å²) in [7, 11) is 0. The molecule has 3 aromatic rings. The number of aromatic nitrogens is 8. The van der Waals surface area contributed by atoms with E-state index in [4.69, 9.17) is 4.74 Å². The van der Waals surface area contributed by atoms with Gasteiger partial charge in [0.25, 0.3) is 0 Å². The molecule has 1 saturated carbocycles. The maximum Gasteiger partial charge on any atom is 0.228 e. The Hall–Kier alpha value is -2.27. The molecule has 11 heteroatoms. The quantitative estimate of drug-likeness (QED) is 0.666. The maximum absolute atomic E-state index is 5.44. The van der Waals surface area contributed by atoms with Crippen molar-refractivity contribution >= 4 is 23.4 Å². The van der Waals surface area contributed by atoms with E-state index in [0.29, 0.717) is 11.7 Å². The number of hydrogen-bond donors (Lipinski definition) is 0.